The Morgan fingerprint density at radius 3 is 2.53 bits per heavy atom. The van der Waals surface area contributed by atoms with Crippen LogP contribution in [0.15, 0.2) is 18.3 Å². The van der Waals surface area contributed by atoms with Crippen LogP contribution in [0.1, 0.15) is 11.1 Å². The SMILES string of the molecule is Cc1cc(Cl)cc(C)c1Oc1nc(NN)ncc1F. The molecule has 2 rings (SSSR count). The van der Waals surface area contributed by atoms with Crippen molar-refractivity contribution >= 4 is 17.5 Å². The van der Waals surface area contributed by atoms with E-state index in [0.717, 1.165) is 17.3 Å². The van der Waals surface area contributed by atoms with Crippen molar-refractivity contribution in [2.24, 2.45) is 5.84 Å². The van der Waals surface area contributed by atoms with Crippen molar-refractivity contribution in [3.8, 4) is 11.6 Å². The van der Waals surface area contributed by atoms with E-state index in [9.17, 15) is 4.39 Å². The molecule has 0 saturated carbocycles. The van der Waals surface area contributed by atoms with E-state index in [1.54, 1.807) is 12.1 Å². The normalized spacial score (nSPS) is 10.4. The number of benzene rings is 1. The molecule has 0 unspecified atom stereocenters. The second-order valence-electron chi connectivity index (χ2n) is 3.96. The maximum atomic E-state index is 13.6. The zero-order valence-corrected chi connectivity index (χ0v) is 11.1. The van der Waals surface area contributed by atoms with E-state index in [-0.39, 0.29) is 11.8 Å². The minimum absolute atomic E-state index is 0.0701. The third-order valence-electron chi connectivity index (χ3n) is 2.46. The van der Waals surface area contributed by atoms with Gasteiger partial charge in [0.2, 0.25) is 11.8 Å². The molecule has 100 valence electrons. The van der Waals surface area contributed by atoms with Crippen molar-refractivity contribution < 1.29 is 9.13 Å². The number of nitrogens with zero attached hydrogens (tertiary/aromatic N) is 2. The van der Waals surface area contributed by atoms with Gasteiger partial charge in [-0.25, -0.2) is 10.8 Å². The van der Waals surface area contributed by atoms with Crippen LogP contribution >= 0.6 is 11.6 Å². The van der Waals surface area contributed by atoms with Crippen LogP contribution in [0.4, 0.5) is 10.3 Å². The van der Waals surface area contributed by atoms with E-state index in [2.05, 4.69) is 15.4 Å². The minimum Gasteiger partial charge on any atom is -0.436 e. The molecule has 0 saturated heterocycles. The maximum Gasteiger partial charge on any atom is 0.260 e. The molecule has 0 radical (unpaired) electrons. The Bertz CT molecular complexity index is 598. The monoisotopic (exact) mass is 282 g/mol. The molecule has 0 fully saturated rings. The highest BCUT2D eigenvalue weighted by molar-refractivity contribution is 6.30. The molecule has 3 N–H and O–H groups in total. The smallest absolute Gasteiger partial charge is 0.260 e. The summed E-state index contributed by atoms with van der Waals surface area (Å²) in [5.74, 6) is 4.87. The fourth-order valence-electron chi connectivity index (χ4n) is 1.65. The van der Waals surface area contributed by atoms with Crippen LogP contribution in [0.5, 0.6) is 11.6 Å². The van der Waals surface area contributed by atoms with E-state index in [1.807, 2.05) is 13.8 Å². The summed E-state index contributed by atoms with van der Waals surface area (Å²) in [6.07, 6.45) is 0.984. The number of nitrogens with two attached hydrogens (primary N) is 1. The minimum atomic E-state index is -0.673. The second-order valence-corrected chi connectivity index (χ2v) is 4.40. The maximum absolute atomic E-state index is 13.6. The van der Waals surface area contributed by atoms with E-state index in [1.165, 1.54) is 0 Å². The van der Waals surface area contributed by atoms with Gasteiger partial charge >= 0.3 is 0 Å². The number of rotatable bonds is 3. The van der Waals surface area contributed by atoms with Crippen LogP contribution < -0.4 is 16.0 Å². The summed E-state index contributed by atoms with van der Waals surface area (Å²) in [5, 5.41) is 0.592. The van der Waals surface area contributed by atoms with Gasteiger partial charge in [-0.3, -0.25) is 5.43 Å². The van der Waals surface area contributed by atoms with Crippen molar-refractivity contribution in [3.05, 3.63) is 40.3 Å². The summed E-state index contributed by atoms with van der Waals surface area (Å²) < 4.78 is 19.1. The fraction of sp³-hybridized carbons (Fsp3) is 0.167. The number of aryl methyl sites for hydroxylation is 2. The topological polar surface area (TPSA) is 73.1 Å². The van der Waals surface area contributed by atoms with E-state index >= 15 is 0 Å². The molecule has 5 nitrogen and oxygen atoms in total. The highest BCUT2D eigenvalue weighted by Gasteiger charge is 2.13. The van der Waals surface area contributed by atoms with Crippen LogP contribution in [-0.2, 0) is 0 Å². The Balaban J connectivity index is 2.41. The first-order valence-electron chi connectivity index (χ1n) is 5.45. The summed E-state index contributed by atoms with van der Waals surface area (Å²) in [7, 11) is 0. The van der Waals surface area contributed by atoms with Gasteiger partial charge in [0.05, 0.1) is 6.20 Å². The first kappa shape index (κ1) is 13.5. The Kier molecular flexibility index (Phi) is 3.82. The average molecular weight is 283 g/mol. The number of nitrogen functional groups attached to an aromatic ring is 1. The number of hydrogen-bond donors (Lipinski definition) is 2. The molecular weight excluding hydrogens is 271 g/mol. The molecule has 0 aliphatic carbocycles. The second kappa shape index (κ2) is 5.38. The highest BCUT2D eigenvalue weighted by atomic mass is 35.5. The first-order valence-corrected chi connectivity index (χ1v) is 5.83. The summed E-state index contributed by atoms with van der Waals surface area (Å²) in [6.45, 7) is 3.63. The van der Waals surface area contributed by atoms with Gasteiger partial charge in [-0.1, -0.05) is 11.6 Å². The van der Waals surface area contributed by atoms with Crippen LogP contribution in [0.3, 0.4) is 0 Å². The van der Waals surface area contributed by atoms with Gasteiger partial charge in [0.25, 0.3) is 5.88 Å². The van der Waals surface area contributed by atoms with Crippen molar-refractivity contribution in [1.29, 1.82) is 0 Å². The van der Waals surface area contributed by atoms with Gasteiger partial charge in [-0.05, 0) is 37.1 Å². The number of aromatic nitrogens is 2. The zero-order chi connectivity index (χ0) is 14.0. The zero-order valence-electron chi connectivity index (χ0n) is 10.4. The summed E-state index contributed by atoms with van der Waals surface area (Å²) in [6, 6.07) is 3.45. The summed E-state index contributed by atoms with van der Waals surface area (Å²) in [4.78, 5) is 7.45. The van der Waals surface area contributed by atoms with Crippen molar-refractivity contribution in [1.82, 2.24) is 9.97 Å². The molecule has 0 amide bonds. The third-order valence-corrected chi connectivity index (χ3v) is 2.68. The van der Waals surface area contributed by atoms with Crippen LogP contribution in [0.2, 0.25) is 5.02 Å². The van der Waals surface area contributed by atoms with Crippen LogP contribution in [-0.4, -0.2) is 9.97 Å². The first-order chi connectivity index (χ1) is 9.01. The van der Waals surface area contributed by atoms with Gasteiger partial charge in [0.1, 0.15) is 5.75 Å². The number of ether oxygens (including phenoxy) is 1. The van der Waals surface area contributed by atoms with Gasteiger partial charge in [0.15, 0.2) is 0 Å². The standard InChI is InChI=1S/C12H12ClFN4O/c1-6-3-8(13)4-7(2)10(6)19-11-9(14)5-16-12(17-11)18-15/h3-5H,15H2,1-2H3,(H,16,17,18). The quantitative estimate of drug-likeness (QED) is 0.669. The summed E-state index contributed by atoms with van der Waals surface area (Å²) in [5.41, 5.74) is 3.79. The van der Waals surface area contributed by atoms with E-state index in [4.69, 9.17) is 22.2 Å². The van der Waals surface area contributed by atoms with Crippen molar-refractivity contribution in [3.63, 3.8) is 0 Å². The lowest BCUT2D eigenvalue weighted by Gasteiger charge is -2.12. The number of anilines is 1. The van der Waals surface area contributed by atoms with Crippen LogP contribution in [0.25, 0.3) is 0 Å². The number of hydrogen-bond acceptors (Lipinski definition) is 5. The third kappa shape index (κ3) is 2.91. The Morgan fingerprint density at radius 1 is 1.32 bits per heavy atom. The number of halogens is 2. The van der Waals surface area contributed by atoms with Gasteiger partial charge < -0.3 is 4.74 Å². The largest absolute Gasteiger partial charge is 0.436 e. The molecule has 7 heteroatoms. The predicted octanol–water partition coefficient (Wildman–Crippen LogP) is 2.96. The molecule has 0 aliphatic rings. The Labute approximate surface area is 114 Å². The fourth-order valence-corrected chi connectivity index (χ4v) is 1.98. The molecule has 0 spiro atoms. The number of nitrogens with one attached hydrogen (secondary N) is 1. The lowest BCUT2D eigenvalue weighted by Crippen LogP contribution is -2.11. The Hall–Kier alpha value is -1.92. The molecule has 0 atom stereocenters. The lowest BCUT2D eigenvalue weighted by atomic mass is 10.1. The molecule has 1 heterocycles. The van der Waals surface area contributed by atoms with Gasteiger partial charge in [0, 0.05) is 5.02 Å². The predicted molar refractivity (Wildman–Crippen MR) is 70.8 cm³/mol. The molecular formula is C12H12ClFN4O. The molecule has 1 aromatic carbocycles. The molecule has 1 aromatic heterocycles. The van der Waals surface area contributed by atoms with E-state index in [0.29, 0.717) is 10.8 Å². The molecule has 2 aromatic rings. The summed E-state index contributed by atoms with van der Waals surface area (Å²) >= 11 is 5.92. The Morgan fingerprint density at radius 2 is 1.95 bits per heavy atom. The number of hydrazine groups is 1. The van der Waals surface area contributed by atoms with Gasteiger partial charge in [-0.2, -0.15) is 9.37 Å². The lowest BCUT2D eigenvalue weighted by molar-refractivity contribution is 0.416. The molecule has 0 aliphatic heterocycles. The molecule has 19 heavy (non-hydrogen) atoms. The highest BCUT2D eigenvalue weighted by Crippen LogP contribution is 2.31. The van der Waals surface area contributed by atoms with Crippen molar-refractivity contribution in [2.45, 2.75) is 13.8 Å². The molecule has 0 bridgehead atoms. The van der Waals surface area contributed by atoms with Gasteiger partial charge in [-0.15, -0.1) is 0 Å². The average Bonchev–Trinajstić information content (AvgIpc) is 2.35. The van der Waals surface area contributed by atoms with Crippen LogP contribution in [0, 0.1) is 19.7 Å². The van der Waals surface area contributed by atoms with E-state index < -0.39 is 5.82 Å². The van der Waals surface area contributed by atoms with Crippen molar-refractivity contribution in [2.75, 3.05) is 5.43 Å².